The van der Waals surface area contributed by atoms with Gasteiger partial charge in [-0.15, -0.1) is 0 Å². The van der Waals surface area contributed by atoms with E-state index in [1.807, 2.05) is 6.07 Å². The molecule has 0 fully saturated rings. The first-order chi connectivity index (χ1) is 6.27. The van der Waals surface area contributed by atoms with E-state index in [0.29, 0.717) is 18.0 Å². The van der Waals surface area contributed by atoms with Crippen molar-refractivity contribution in [1.82, 2.24) is 4.98 Å². The van der Waals surface area contributed by atoms with E-state index in [0.717, 1.165) is 5.56 Å². The Hall–Kier alpha value is -0.640. The van der Waals surface area contributed by atoms with E-state index in [-0.39, 0.29) is 12.5 Å². The van der Waals surface area contributed by atoms with Gasteiger partial charge in [-0.3, -0.25) is 4.98 Å². The van der Waals surface area contributed by atoms with Crippen LogP contribution in [0.5, 0.6) is 0 Å². The van der Waals surface area contributed by atoms with Crippen LogP contribution in [0.4, 0.5) is 0 Å². The Balaban J connectivity index is 2.67. The molecule has 0 amide bonds. The van der Waals surface area contributed by atoms with Crippen LogP contribution in [0.1, 0.15) is 5.56 Å². The summed E-state index contributed by atoms with van der Waals surface area (Å²) in [7, 11) is 0. The van der Waals surface area contributed by atoms with Crippen LogP contribution in [0, 0.1) is 5.92 Å². The molecule has 1 atom stereocenters. The highest BCUT2D eigenvalue weighted by molar-refractivity contribution is 6.31. The lowest BCUT2D eigenvalue weighted by Crippen LogP contribution is -2.20. The van der Waals surface area contributed by atoms with Gasteiger partial charge in [-0.1, -0.05) is 11.6 Å². The second-order valence-corrected chi connectivity index (χ2v) is 3.36. The van der Waals surface area contributed by atoms with Crippen LogP contribution in [0.25, 0.3) is 0 Å². The Morgan fingerprint density at radius 2 is 2.38 bits per heavy atom. The lowest BCUT2D eigenvalue weighted by molar-refractivity contribution is 0.230. The maximum Gasteiger partial charge on any atom is 0.0621 e. The molecule has 1 aromatic heterocycles. The Bertz CT molecular complexity index is 264. The molecule has 0 aliphatic heterocycles. The molecular formula is C9H13ClN2O. The van der Waals surface area contributed by atoms with Crippen LogP contribution in [0.15, 0.2) is 18.5 Å². The lowest BCUT2D eigenvalue weighted by Gasteiger charge is -2.11. The fourth-order valence-electron chi connectivity index (χ4n) is 1.10. The molecule has 0 aliphatic rings. The lowest BCUT2D eigenvalue weighted by atomic mass is 10.0. The molecule has 0 saturated carbocycles. The summed E-state index contributed by atoms with van der Waals surface area (Å²) in [6.07, 6.45) is 3.99. The fourth-order valence-corrected chi connectivity index (χ4v) is 1.30. The molecule has 4 heteroatoms. The van der Waals surface area contributed by atoms with Crippen molar-refractivity contribution >= 4 is 11.6 Å². The summed E-state index contributed by atoms with van der Waals surface area (Å²) in [4.78, 5) is 3.88. The topological polar surface area (TPSA) is 59.1 Å². The summed E-state index contributed by atoms with van der Waals surface area (Å²) < 4.78 is 0. The predicted octanol–water partition coefficient (Wildman–Crippen LogP) is 0.845. The SMILES string of the molecule is NC[C@H](CO)Cc1ccncc1Cl. The normalized spacial score (nSPS) is 12.8. The average molecular weight is 201 g/mol. The maximum atomic E-state index is 8.94. The number of aliphatic hydroxyl groups excluding tert-OH is 1. The Morgan fingerprint density at radius 3 is 2.92 bits per heavy atom. The minimum atomic E-state index is 0.0832. The van der Waals surface area contributed by atoms with Gasteiger partial charge in [-0.05, 0) is 30.5 Å². The monoisotopic (exact) mass is 200 g/mol. The summed E-state index contributed by atoms with van der Waals surface area (Å²) in [5.74, 6) is 0.0832. The van der Waals surface area contributed by atoms with Crippen molar-refractivity contribution < 1.29 is 5.11 Å². The van der Waals surface area contributed by atoms with Crippen LogP contribution in [-0.4, -0.2) is 23.2 Å². The average Bonchev–Trinajstić information content (AvgIpc) is 2.17. The standard InChI is InChI=1S/C9H13ClN2O/c10-9-5-12-2-1-8(9)3-7(4-11)6-13/h1-2,5,7,13H,3-4,6,11H2/t7-/m1/s1. The van der Waals surface area contributed by atoms with Crippen molar-refractivity contribution in [2.75, 3.05) is 13.2 Å². The van der Waals surface area contributed by atoms with Crippen molar-refractivity contribution in [2.24, 2.45) is 11.7 Å². The van der Waals surface area contributed by atoms with Crippen molar-refractivity contribution in [3.8, 4) is 0 Å². The molecule has 3 N–H and O–H groups in total. The van der Waals surface area contributed by atoms with E-state index in [1.54, 1.807) is 12.4 Å². The van der Waals surface area contributed by atoms with Gasteiger partial charge in [0, 0.05) is 19.0 Å². The highest BCUT2D eigenvalue weighted by Crippen LogP contribution is 2.16. The largest absolute Gasteiger partial charge is 0.396 e. The molecule has 72 valence electrons. The molecule has 0 bridgehead atoms. The second-order valence-electron chi connectivity index (χ2n) is 2.96. The third-order valence-electron chi connectivity index (χ3n) is 1.96. The smallest absolute Gasteiger partial charge is 0.0621 e. The molecule has 0 aromatic carbocycles. The molecule has 0 unspecified atom stereocenters. The van der Waals surface area contributed by atoms with Gasteiger partial charge < -0.3 is 10.8 Å². The molecule has 0 saturated heterocycles. The number of hydrogen-bond acceptors (Lipinski definition) is 3. The summed E-state index contributed by atoms with van der Waals surface area (Å²) in [5, 5.41) is 9.57. The first kappa shape index (κ1) is 10.4. The van der Waals surface area contributed by atoms with Gasteiger partial charge in [0.2, 0.25) is 0 Å². The molecule has 13 heavy (non-hydrogen) atoms. The number of aromatic nitrogens is 1. The highest BCUT2D eigenvalue weighted by Gasteiger charge is 2.08. The second kappa shape index (κ2) is 5.17. The van der Waals surface area contributed by atoms with E-state index < -0.39 is 0 Å². The van der Waals surface area contributed by atoms with Crippen LogP contribution < -0.4 is 5.73 Å². The van der Waals surface area contributed by atoms with Gasteiger partial charge in [0.1, 0.15) is 0 Å². The molecule has 0 radical (unpaired) electrons. The zero-order chi connectivity index (χ0) is 9.68. The van der Waals surface area contributed by atoms with E-state index in [4.69, 9.17) is 22.4 Å². The Morgan fingerprint density at radius 1 is 1.62 bits per heavy atom. The zero-order valence-electron chi connectivity index (χ0n) is 7.28. The van der Waals surface area contributed by atoms with Gasteiger partial charge in [-0.25, -0.2) is 0 Å². The number of pyridine rings is 1. The van der Waals surface area contributed by atoms with Gasteiger partial charge in [-0.2, -0.15) is 0 Å². The van der Waals surface area contributed by atoms with Crippen molar-refractivity contribution in [2.45, 2.75) is 6.42 Å². The van der Waals surface area contributed by atoms with Crippen molar-refractivity contribution in [3.05, 3.63) is 29.0 Å². The van der Waals surface area contributed by atoms with Crippen LogP contribution >= 0.6 is 11.6 Å². The predicted molar refractivity (Wildman–Crippen MR) is 52.6 cm³/mol. The first-order valence-electron chi connectivity index (χ1n) is 4.17. The minimum absolute atomic E-state index is 0.0832. The first-order valence-corrected chi connectivity index (χ1v) is 4.55. The number of halogens is 1. The number of nitrogens with two attached hydrogens (primary N) is 1. The molecular weight excluding hydrogens is 188 g/mol. The quantitative estimate of drug-likeness (QED) is 0.758. The Labute approximate surface area is 82.5 Å². The fraction of sp³-hybridized carbons (Fsp3) is 0.444. The molecule has 3 nitrogen and oxygen atoms in total. The number of hydrogen-bond donors (Lipinski definition) is 2. The number of aliphatic hydroxyl groups is 1. The van der Waals surface area contributed by atoms with Crippen molar-refractivity contribution in [1.29, 1.82) is 0 Å². The van der Waals surface area contributed by atoms with Crippen LogP contribution in [0.2, 0.25) is 5.02 Å². The third-order valence-corrected chi connectivity index (χ3v) is 2.30. The van der Waals surface area contributed by atoms with Gasteiger partial charge in [0.05, 0.1) is 5.02 Å². The van der Waals surface area contributed by atoms with Gasteiger partial charge in [0.15, 0.2) is 0 Å². The van der Waals surface area contributed by atoms with Crippen LogP contribution in [0.3, 0.4) is 0 Å². The van der Waals surface area contributed by atoms with E-state index in [1.165, 1.54) is 0 Å². The number of nitrogens with zero attached hydrogens (tertiary/aromatic N) is 1. The maximum absolute atomic E-state index is 8.94. The molecule has 1 aromatic rings. The highest BCUT2D eigenvalue weighted by atomic mass is 35.5. The van der Waals surface area contributed by atoms with Gasteiger partial charge >= 0.3 is 0 Å². The van der Waals surface area contributed by atoms with E-state index >= 15 is 0 Å². The van der Waals surface area contributed by atoms with E-state index in [2.05, 4.69) is 4.98 Å². The van der Waals surface area contributed by atoms with Crippen molar-refractivity contribution in [3.63, 3.8) is 0 Å². The van der Waals surface area contributed by atoms with E-state index in [9.17, 15) is 0 Å². The molecule has 1 rings (SSSR count). The summed E-state index contributed by atoms with van der Waals surface area (Å²) in [6.45, 7) is 0.560. The summed E-state index contributed by atoms with van der Waals surface area (Å²) in [5.41, 5.74) is 6.45. The van der Waals surface area contributed by atoms with Gasteiger partial charge in [0.25, 0.3) is 0 Å². The Kier molecular flexibility index (Phi) is 4.15. The summed E-state index contributed by atoms with van der Waals surface area (Å²) >= 11 is 5.90. The van der Waals surface area contributed by atoms with Crippen LogP contribution in [-0.2, 0) is 6.42 Å². The summed E-state index contributed by atoms with van der Waals surface area (Å²) in [6, 6.07) is 1.85. The molecule has 1 heterocycles. The molecule has 0 spiro atoms. The number of rotatable bonds is 4. The minimum Gasteiger partial charge on any atom is -0.396 e. The molecule has 0 aliphatic carbocycles. The third kappa shape index (κ3) is 2.95. The zero-order valence-corrected chi connectivity index (χ0v) is 8.04.